The van der Waals surface area contributed by atoms with Crippen molar-refractivity contribution in [2.45, 2.75) is 13.3 Å². The molecule has 0 amide bonds. The van der Waals surface area contributed by atoms with Gasteiger partial charge in [0.1, 0.15) is 0 Å². The summed E-state index contributed by atoms with van der Waals surface area (Å²) >= 11 is 1.68. The van der Waals surface area contributed by atoms with Gasteiger partial charge in [0, 0.05) is 18.0 Å². The number of hydrogen-bond acceptors (Lipinski definition) is 3. The Morgan fingerprint density at radius 3 is 3.08 bits per heavy atom. The van der Waals surface area contributed by atoms with Gasteiger partial charge in [0.25, 0.3) is 0 Å². The molecule has 0 bridgehead atoms. The van der Waals surface area contributed by atoms with Crippen LogP contribution < -0.4 is 0 Å². The van der Waals surface area contributed by atoms with Crippen molar-refractivity contribution in [3.8, 4) is 0 Å². The maximum Gasteiger partial charge on any atom is 0.174 e. The third-order valence-electron chi connectivity index (χ3n) is 1.57. The van der Waals surface area contributed by atoms with Gasteiger partial charge in [0.15, 0.2) is 5.78 Å². The zero-order valence-corrected chi connectivity index (χ0v) is 8.51. The summed E-state index contributed by atoms with van der Waals surface area (Å²) < 4.78 is 0. The average Bonchev–Trinajstić information content (AvgIpc) is 2.19. The summed E-state index contributed by atoms with van der Waals surface area (Å²) in [6, 6.07) is 3.60. The standard InChI is InChI=1S/C10H13NOS/c1-2-6-13-8-10(12)9-4-3-5-11-7-9/h3-5,7H,2,6,8H2,1H3. The van der Waals surface area contributed by atoms with E-state index in [0.717, 1.165) is 12.2 Å². The molecule has 0 fully saturated rings. The molecule has 0 aliphatic carbocycles. The zero-order valence-electron chi connectivity index (χ0n) is 7.69. The molecule has 0 radical (unpaired) electrons. The van der Waals surface area contributed by atoms with E-state index < -0.39 is 0 Å². The first-order valence-corrected chi connectivity index (χ1v) is 5.51. The largest absolute Gasteiger partial charge is 0.293 e. The Labute approximate surface area is 82.8 Å². The zero-order chi connectivity index (χ0) is 9.52. The fourth-order valence-electron chi connectivity index (χ4n) is 0.920. The highest BCUT2D eigenvalue weighted by Gasteiger charge is 2.04. The van der Waals surface area contributed by atoms with Gasteiger partial charge in [-0.15, -0.1) is 0 Å². The molecule has 3 heteroatoms. The summed E-state index contributed by atoms with van der Waals surface area (Å²) in [5.41, 5.74) is 0.714. The summed E-state index contributed by atoms with van der Waals surface area (Å²) in [5.74, 6) is 1.79. The van der Waals surface area contributed by atoms with Crippen molar-refractivity contribution in [3.63, 3.8) is 0 Å². The number of thioether (sulfide) groups is 1. The van der Waals surface area contributed by atoms with Crippen molar-refractivity contribution in [1.82, 2.24) is 4.98 Å². The summed E-state index contributed by atoms with van der Waals surface area (Å²) in [5, 5.41) is 0. The maximum absolute atomic E-state index is 11.5. The molecule has 1 aromatic heterocycles. The van der Waals surface area contributed by atoms with E-state index >= 15 is 0 Å². The van der Waals surface area contributed by atoms with Crippen LogP contribution in [0.3, 0.4) is 0 Å². The van der Waals surface area contributed by atoms with Crippen LogP contribution in [0, 0.1) is 0 Å². The number of aromatic nitrogens is 1. The fraction of sp³-hybridized carbons (Fsp3) is 0.400. The van der Waals surface area contributed by atoms with E-state index in [9.17, 15) is 4.79 Å². The number of carbonyl (C=O) groups is 1. The predicted molar refractivity (Wildman–Crippen MR) is 56.2 cm³/mol. The SMILES string of the molecule is CCCSCC(=O)c1cccnc1. The van der Waals surface area contributed by atoms with Gasteiger partial charge in [-0.25, -0.2) is 0 Å². The van der Waals surface area contributed by atoms with E-state index in [4.69, 9.17) is 0 Å². The van der Waals surface area contributed by atoms with Gasteiger partial charge in [-0.3, -0.25) is 9.78 Å². The lowest BCUT2D eigenvalue weighted by Gasteiger charge is -1.98. The van der Waals surface area contributed by atoms with Crippen LogP contribution in [0.5, 0.6) is 0 Å². The van der Waals surface area contributed by atoms with E-state index in [2.05, 4.69) is 11.9 Å². The van der Waals surface area contributed by atoms with Gasteiger partial charge >= 0.3 is 0 Å². The summed E-state index contributed by atoms with van der Waals surface area (Å²) in [7, 11) is 0. The minimum absolute atomic E-state index is 0.173. The Kier molecular flexibility index (Phi) is 4.54. The van der Waals surface area contributed by atoms with Crippen molar-refractivity contribution in [2.24, 2.45) is 0 Å². The third kappa shape index (κ3) is 3.59. The van der Waals surface area contributed by atoms with Gasteiger partial charge in [0.05, 0.1) is 5.75 Å². The molecule has 1 heterocycles. The lowest BCUT2D eigenvalue weighted by molar-refractivity contribution is 0.102. The number of nitrogens with zero attached hydrogens (tertiary/aromatic N) is 1. The van der Waals surface area contributed by atoms with Gasteiger partial charge in [-0.1, -0.05) is 6.92 Å². The first kappa shape index (κ1) is 10.3. The fourth-order valence-corrected chi connectivity index (χ4v) is 1.71. The number of hydrogen-bond donors (Lipinski definition) is 0. The Bertz CT molecular complexity index is 261. The molecule has 0 saturated carbocycles. The molecule has 0 aliphatic rings. The van der Waals surface area contributed by atoms with E-state index in [1.165, 1.54) is 0 Å². The van der Waals surface area contributed by atoms with Crippen molar-refractivity contribution in [1.29, 1.82) is 0 Å². The van der Waals surface area contributed by atoms with E-state index in [0.29, 0.717) is 11.3 Å². The molecule has 0 saturated heterocycles. The maximum atomic E-state index is 11.5. The van der Waals surface area contributed by atoms with Crippen LogP contribution >= 0.6 is 11.8 Å². The second kappa shape index (κ2) is 5.75. The predicted octanol–water partition coefficient (Wildman–Crippen LogP) is 2.41. The monoisotopic (exact) mass is 195 g/mol. The number of Topliss-reactive ketones (excluding diaryl/α,β-unsaturated/α-hetero) is 1. The Morgan fingerprint density at radius 2 is 2.46 bits per heavy atom. The molecule has 13 heavy (non-hydrogen) atoms. The average molecular weight is 195 g/mol. The molecule has 0 aromatic carbocycles. The van der Waals surface area contributed by atoms with Crippen LogP contribution in [0.4, 0.5) is 0 Å². The molecule has 0 atom stereocenters. The normalized spacial score (nSPS) is 9.92. The summed E-state index contributed by atoms with van der Waals surface area (Å²) in [6.45, 7) is 2.11. The van der Waals surface area contributed by atoms with Crippen LogP contribution in [-0.2, 0) is 0 Å². The van der Waals surface area contributed by atoms with Crippen molar-refractivity contribution >= 4 is 17.5 Å². The quantitative estimate of drug-likeness (QED) is 0.534. The molecule has 0 unspecified atom stereocenters. The Morgan fingerprint density at radius 1 is 1.62 bits per heavy atom. The van der Waals surface area contributed by atoms with E-state index in [1.807, 2.05) is 6.07 Å². The topological polar surface area (TPSA) is 30.0 Å². The number of carbonyl (C=O) groups excluding carboxylic acids is 1. The van der Waals surface area contributed by atoms with Gasteiger partial charge < -0.3 is 0 Å². The summed E-state index contributed by atoms with van der Waals surface area (Å²) in [6.07, 6.45) is 4.41. The van der Waals surface area contributed by atoms with Crippen LogP contribution in [0.25, 0.3) is 0 Å². The molecule has 2 nitrogen and oxygen atoms in total. The van der Waals surface area contributed by atoms with E-state index in [1.54, 1.807) is 30.2 Å². The smallest absolute Gasteiger partial charge is 0.174 e. The second-order valence-electron chi connectivity index (χ2n) is 2.72. The van der Waals surface area contributed by atoms with E-state index in [-0.39, 0.29) is 5.78 Å². The van der Waals surface area contributed by atoms with Crippen molar-refractivity contribution < 1.29 is 4.79 Å². The molecule has 1 aromatic rings. The van der Waals surface area contributed by atoms with Gasteiger partial charge in [-0.05, 0) is 24.3 Å². The Balaban J connectivity index is 2.40. The third-order valence-corrected chi connectivity index (χ3v) is 2.73. The molecule has 1 rings (SSSR count). The van der Waals surface area contributed by atoms with Crippen LogP contribution in [0.1, 0.15) is 23.7 Å². The van der Waals surface area contributed by atoms with Crippen LogP contribution in [0.15, 0.2) is 24.5 Å². The number of rotatable bonds is 5. The molecular formula is C10H13NOS. The highest BCUT2D eigenvalue weighted by molar-refractivity contribution is 7.99. The van der Waals surface area contributed by atoms with Crippen molar-refractivity contribution in [2.75, 3.05) is 11.5 Å². The summed E-state index contributed by atoms with van der Waals surface area (Å²) in [4.78, 5) is 15.4. The second-order valence-corrected chi connectivity index (χ2v) is 3.82. The molecular weight excluding hydrogens is 182 g/mol. The highest BCUT2D eigenvalue weighted by atomic mass is 32.2. The minimum Gasteiger partial charge on any atom is -0.293 e. The highest BCUT2D eigenvalue weighted by Crippen LogP contribution is 2.06. The number of pyridine rings is 1. The minimum atomic E-state index is 0.173. The lowest BCUT2D eigenvalue weighted by Crippen LogP contribution is -2.02. The van der Waals surface area contributed by atoms with Crippen LogP contribution in [-0.4, -0.2) is 22.3 Å². The molecule has 0 aliphatic heterocycles. The lowest BCUT2D eigenvalue weighted by atomic mass is 10.2. The first-order valence-electron chi connectivity index (χ1n) is 4.35. The van der Waals surface area contributed by atoms with Crippen LogP contribution in [0.2, 0.25) is 0 Å². The van der Waals surface area contributed by atoms with Gasteiger partial charge in [-0.2, -0.15) is 11.8 Å². The first-order chi connectivity index (χ1) is 6.34. The molecule has 0 N–H and O–H groups in total. The van der Waals surface area contributed by atoms with Crippen molar-refractivity contribution in [3.05, 3.63) is 30.1 Å². The molecule has 0 spiro atoms. The Hall–Kier alpha value is -0.830. The van der Waals surface area contributed by atoms with Gasteiger partial charge in [0.2, 0.25) is 0 Å². The number of ketones is 1. The molecule has 70 valence electrons.